The number of aromatic nitrogens is 3. The minimum atomic E-state index is -0.625. The number of carbonyl (C=O) groups is 1. The summed E-state index contributed by atoms with van der Waals surface area (Å²) >= 11 is 0. The second kappa shape index (κ2) is 7.22. The smallest absolute Gasteiger partial charge is 0.327 e. The van der Waals surface area contributed by atoms with Crippen LogP contribution in [0.25, 0.3) is 11.0 Å². The Bertz CT molecular complexity index is 1070. The third-order valence-electron chi connectivity index (χ3n) is 3.91. The number of hydrogen-bond acceptors (Lipinski definition) is 6. The topological polar surface area (TPSA) is 117 Å². The van der Waals surface area contributed by atoms with Gasteiger partial charge in [-0.2, -0.15) is 0 Å². The number of H-pyrrole nitrogens is 2. The van der Waals surface area contributed by atoms with E-state index in [-0.39, 0.29) is 17.6 Å². The highest BCUT2D eigenvalue weighted by atomic mass is 16.5. The molecule has 0 radical (unpaired) electrons. The van der Waals surface area contributed by atoms with Gasteiger partial charge in [0.2, 0.25) is 0 Å². The van der Waals surface area contributed by atoms with Crippen LogP contribution in [0.2, 0.25) is 0 Å². The Labute approximate surface area is 148 Å². The Balaban J connectivity index is 2.04. The lowest BCUT2D eigenvalue weighted by Gasteiger charge is -2.13. The van der Waals surface area contributed by atoms with Crippen molar-refractivity contribution in [3.05, 3.63) is 68.0 Å². The number of hydrogen-bond donors (Lipinski definition) is 3. The van der Waals surface area contributed by atoms with Gasteiger partial charge >= 0.3 is 11.7 Å². The van der Waals surface area contributed by atoms with E-state index in [0.29, 0.717) is 17.7 Å². The average Bonchev–Trinajstić information content (AvgIpc) is 2.59. The molecule has 0 amide bonds. The molecule has 134 valence electrons. The van der Waals surface area contributed by atoms with Crippen LogP contribution in [0.1, 0.15) is 23.6 Å². The van der Waals surface area contributed by atoms with Crippen LogP contribution in [0, 0.1) is 6.92 Å². The molecule has 3 N–H and O–H groups in total. The summed E-state index contributed by atoms with van der Waals surface area (Å²) in [7, 11) is 0. The van der Waals surface area contributed by atoms with Gasteiger partial charge in [0.25, 0.3) is 5.56 Å². The molecular weight excluding hydrogens is 336 g/mol. The largest absolute Gasteiger partial charge is 0.461 e. The second-order valence-electron chi connectivity index (χ2n) is 5.89. The molecule has 0 aliphatic rings. The maximum atomic E-state index is 12.3. The Hall–Kier alpha value is -3.42. The van der Waals surface area contributed by atoms with Crippen molar-refractivity contribution in [2.75, 3.05) is 5.32 Å². The molecular formula is C18H18N4O4. The predicted molar refractivity (Wildman–Crippen MR) is 97.0 cm³/mol. The van der Waals surface area contributed by atoms with Crippen molar-refractivity contribution in [1.29, 1.82) is 0 Å². The maximum absolute atomic E-state index is 12.3. The summed E-state index contributed by atoms with van der Waals surface area (Å²) in [4.78, 5) is 43.8. The van der Waals surface area contributed by atoms with E-state index in [2.05, 4.69) is 20.3 Å². The molecule has 8 heteroatoms. The summed E-state index contributed by atoms with van der Waals surface area (Å²) in [5, 5.41) is 3.50. The number of ether oxygens (including phenoxy) is 1. The normalized spacial score (nSPS) is 10.7. The van der Waals surface area contributed by atoms with Crippen LogP contribution in [0.4, 0.5) is 5.69 Å². The average molecular weight is 354 g/mol. The molecule has 0 spiro atoms. The van der Waals surface area contributed by atoms with Crippen molar-refractivity contribution in [2.45, 2.75) is 27.0 Å². The lowest BCUT2D eigenvalue weighted by molar-refractivity contribution is -0.142. The molecule has 0 aliphatic heterocycles. The lowest BCUT2D eigenvalue weighted by atomic mass is 10.1. The highest BCUT2D eigenvalue weighted by Gasteiger charge is 2.14. The number of aryl methyl sites for hydroxylation is 1. The summed E-state index contributed by atoms with van der Waals surface area (Å²) in [5.41, 5.74) is 2.22. The quantitative estimate of drug-likeness (QED) is 0.599. The summed E-state index contributed by atoms with van der Waals surface area (Å²) in [6.45, 7) is 3.59. The number of nitrogens with zero attached hydrogens (tertiary/aromatic N) is 1. The molecule has 26 heavy (non-hydrogen) atoms. The first-order valence-corrected chi connectivity index (χ1v) is 8.01. The number of fused-ring (bicyclic) bond motifs is 1. The van der Waals surface area contributed by atoms with Crippen molar-refractivity contribution in [1.82, 2.24) is 15.0 Å². The van der Waals surface area contributed by atoms with Gasteiger partial charge in [0, 0.05) is 30.9 Å². The van der Waals surface area contributed by atoms with Crippen molar-refractivity contribution in [2.24, 2.45) is 0 Å². The molecule has 3 rings (SSSR count). The molecule has 2 heterocycles. The highest BCUT2D eigenvalue weighted by Crippen LogP contribution is 2.19. The van der Waals surface area contributed by atoms with Gasteiger partial charge in [-0.15, -0.1) is 0 Å². The molecule has 0 unspecified atom stereocenters. The van der Waals surface area contributed by atoms with Crippen LogP contribution in [0.5, 0.6) is 0 Å². The Morgan fingerprint density at radius 1 is 1.19 bits per heavy atom. The molecule has 3 aromatic rings. The number of benzene rings is 1. The molecule has 1 aromatic carbocycles. The molecule has 0 saturated carbocycles. The monoisotopic (exact) mass is 354 g/mol. The second-order valence-corrected chi connectivity index (χ2v) is 5.89. The Morgan fingerprint density at radius 2 is 1.92 bits per heavy atom. The molecule has 0 atom stereocenters. The number of aromatic amines is 2. The van der Waals surface area contributed by atoms with Gasteiger partial charge in [-0.3, -0.25) is 19.6 Å². The maximum Gasteiger partial charge on any atom is 0.327 e. The van der Waals surface area contributed by atoms with Crippen LogP contribution in [0.3, 0.4) is 0 Å². The van der Waals surface area contributed by atoms with Crippen molar-refractivity contribution < 1.29 is 9.53 Å². The van der Waals surface area contributed by atoms with E-state index in [9.17, 15) is 14.4 Å². The SMILES string of the molecule is CC(=O)OCc1cnc2[nH]c(=O)[nH]c(=O)c2c1CNc1ccc(C)cc1. The molecule has 2 aromatic heterocycles. The van der Waals surface area contributed by atoms with Gasteiger partial charge < -0.3 is 10.1 Å². The first-order valence-electron chi connectivity index (χ1n) is 8.01. The molecule has 0 saturated heterocycles. The van der Waals surface area contributed by atoms with Crippen LogP contribution >= 0.6 is 0 Å². The van der Waals surface area contributed by atoms with E-state index in [1.54, 1.807) is 0 Å². The van der Waals surface area contributed by atoms with Crippen LogP contribution in [-0.2, 0) is 22.7 Å². The lowest BCUT2D eigenvalue weighted by Crippen LogP contribution is -2.24. The van der Waals surface area contributed by atoms with Gasteiger partial charge in [-0.25, -0.2) is 9.78 Å². The number of carbonyl (C=O) groups excluding carboxylic acids is 1. The van der Waals surface area contributed by atoms with Crippen molar-refractivity contribution >= 4 is 22.7 Å². The first-order chi connectivity index (χ1) is 12.4. The highest BCUT2D eigenvalue weighted by molar-refractivity contribution is 5.79. The van der Waals surface area contributed by atoms with E-state index >= 15 is 0 Å². The van der Waals surface area contributed by atoms with Gasteiger partial charge in [0.05, 0.1) is 5.39 Å². The molecule has 8 nitrogen and oxygen atoms in total. The van der Waals surface area contributed by atoms with Gasteiger partial charge in [-0.1, -0.05) is 17.7 Å². The summed E-state index contributed by atoms with van der Waals surface area (Å²) in [6, 6.07) is 7.79. The zero-order valence-electron chi connectivity index (χ0n) is 14.4. The van der Waals surface area contributed by atoms with Crippen molar-refractivity contribution in [3.8, 4) is 0 Å². The van der Waals surface area contributed by atoms with Gasteiger partial charge in [0.15, 0.2) is 0 Å². The summed E-state index contributed by atoms with van der Waals surface area (Å²) < 4.78 is 5.06. The third-order valence-corrected chi connectivity index (χ3v) is 3.91. The number of pyridine rings is 1. The fourth-order valence-corrected chi connectivity index (χ4v) is 2.60. The number of anilines is 1. The third kappa shape index (κ3) is 3.80. The fraction of sp³-hybridized carbons (Fsp3) is 0.222. The molecule has 0 aliphatic carbocycles. The van der Waals surface area contributed by atoms with Gasteiger partial charge in [0.1, 0.15) is 12.3 Å². The van der Waals surface area contributed by atoms with E-state index in [1.165, 1.54) is 13.1 Å². The minimum Gasteiger partial charge on any atom is -0.461 e. The number of rotatable bonds is 5. The van der Waals surface area contributed by atoms with Crippen LogP contribution < -0.4 is 16.6 Å². The molecule has 0 bridgehead atoms. The predicted octanol–water partition coefficient (Wildman–Crippen LogP) is 1.60. The first kappa shape index (κ1) is 17.4. The van der Waals surface area contributed by atoms with Crippen molar-refractivity contribution in [3.63, 3.8) is 0 Å². The number of esters is 1. The standard InChI is InChI=1S/C18H18N4O4/c1-10-3-5-13(6-4-10)19-8-14-12(9-26-11(2)23)7-20-16-15(14)17(24)22-18(25)21-16/h3-7,19H,8-9H2,1-2H3,(H2,20,21,22,24,25). The van der Waals surface area contributed by atoms with E-state index in [4.69, 9.17) is 4.74 Å². The zero-order valence-corrected chi connectivity index (χ0v) is 14.4. The van der Waals surface area contributed by atoms with E-state index in [0.717, 1.165) is 11.3 Å². The summed E-state index contributed by atoms with van der Waals surface area (Å²) in [6.07, 6.45) is 1.49. The summed E-state index contributed by atoms with van der Waals surface area (Å²) in [5.74, 6) is -0.432. The van der Waals surface area contributed by atoms with Gasteiger partial charge in [-0.05, 0) is 24.6 Å². The number of nitrogens with one attached hydrogen (secondary N) is 3. The van der Waals surface area contributed by atoms with Crippen LogP contribution in [-0.4, -0.2) is 20.9 Å². The Kier molecular flexibility index (Phi) is 4.83. The Morgan fingerprint density at radius 3 is 2.62 bits per heavy atom. The molecule has 0 fully saturated rings. The zero-order chi connectivity index (χ0) is 18.7. The van der Waals surface area contributed by atoms with E-state index in [1.807, 2.05) is 31.2 Å². The van der Waals surface area contributed by atoms with Crippen LogP contribution in [0.15, 0.2) is 40.1 Å². The van der Waals surface area contributed by atoms with E-state index < -0.39 is 17.2 Å². The minimum absolute atomic E-state index is 0.0122. The fourth-order valence-electron chi connectivity index (χ4n) is 2.60.